The lowest BCUT2D eigenvalue weighted by molar-refractivity contribution is 0.0980. The number of H-pyrrole nitrogens is 1. The Morgan fingerprint density at radius 1 is 1.39 bits per heavy atom. The summed E-state index contributed by atoms with van der Waals surface area (Å²) in [5.74, 6) is -0.0564. The molecule has 3 N–H and O–H groups in total. The van der Waals surface area contributed by atoms with Crippen molar-refractivity contribution in [1.29, 1.82) is 0 Å². The second-order valence-corrected chi connectivity index (χ2v) is 4.42. The molecule has 1 amide bonds. The van der Waals surface area contributed by atoms with E-state index in [9.17, 15) is 4.79 Å². The van der Waals surface area contributed by atoms with Gasteiger partial charge in [-0.05, 0) is 36.6 Å². The highest BCUT2D eigenvalue weighted by atomic mass is 16.2. The van der Waals surface area contributed by atoms with Crippen LogP contribution in [0, 0.1) is 0 Å². The van der Waals surface area contributed by atoms with Gasteiger partial charge in [-0.1, -0.05) is 6.07 Å². The van der Waals surface area contributed by atoms with E-state index in [0.29, 0.717) is 17.9 Å². The van der Waals surface area contributed by atoms with E-state index in [0.717, 1.165) is 18.5 Å². The van der Waals surface area contributed by atoms with Crippen molar-refractivity contribution in [3.05, 3.63) is 41.7 Å². The molecule has 2 aromatic rings. The van der Waals surface area contributed by atoms with Crippen molar-refractivity contribution in [3.8, 4) is 0 Å². The van der Waals surface area contributed by atoms with Gasteiger partial charge in [0, 0.05) is 24.1 Å². The van der Waals surface area contributed by atoms with Gasteiger partial charge in [0.2, 0.25) is 0 Å². The molecule has 92 valence electrons. The smallest absolute Gasteiger partial charge is 0.276 e. The Morgan fingerprint density at radius 2 is 2.28 bits per heavy atom. The van der Waals surface area contributed by atoms with Crippen LogP contribution in [0.25, 0.3) is 0 Å². The summed E-state index contributed by atoms with van der Waals surface area (Å²) in [4.78, 5) is 14.1. The average molecular weight is 242 g/mol. The number of nitrogen functional groups attached to an aromatic ring is 1. The Balaban J connectivity index is 2.01. The van der Waals surface area contributed by atoms with Crippen LogP contribution in [-0.4, -0.2) is 22.6 Å². The van der Waals surface area contributed by atoms with E-state index in [4.69, 9.17) is 5.73 Å². The number of carbonyl (C=O) groups excluding carboxylic acids is 1. The van der Waals surface area contributed by atoms with Gasteiger partial charge in [0.25, 0.3) is 5.91 Å². The number of rotatable bonds is 1. The Labute approximate surface area is 105 Å². The fourth-order valence-corrected chi connectivity index (χ4v) is 2.32. The SMILES string of the molecule is Nc1ccc2c(c1)N(C(=O)c1ccn[nH]1)CCC2. The van der Waals surface area contributed by atoms with Crippen LogP contribution in [-0.2, 0) is 6.42 Å². The molecule has 5 heteroatoms. The number of nitrogens with one attached hydrogen (secondary N) is 1. The summed E-state index contributed by atoms with van der Waals surface area (Å²) in [7, 11) is 0. The lowest BCUT2D eigenvalue weighted by Crippen LogP contribution is -2.35. The van der Waals surface area contributed by atoms with Gasteiger partial charge < -0.3 is 10.6 Å². The van der Waals surface area contributed by atoms with E-state index in [1.807, 2.05) is 18.2 Å². The minimum atomic E-state index is -0.0564. The maximum absolute atomic E-state index is 12.3. The first-order valence-corrected chi connectivity index (χ1v) is 5.95. The highest BCUT2D eigenvalue weighted by Gasteiger charge is 2.24. The Morgan fingerprint density at radius 3 is 3.06 bits per heavy atom. The molecule has 0 saturated heterocycles. The monoisotopic (exact) mass is 242 g/mol. The number of anilines is 2. The molecule has 1 aliphatic rings. The van der Waals surface area contributed by atoms with Gasteiger partial charge in [0.05, 0.1) is 0 Å². The van der Waals surface area contributed by atoms with Gasteiger partial charge >= 0.3 is 0 Å². The normalized spacial score (nSPS) is 14.3. The molecule has 0 aliphatic carbocycles. The summed E-state index contributed by atoms with van der Waals surface area (Å²) in [5.41, 5.74) is 9.08. The van der Waals surface area contributed by atoms with E-state index in [1.54, 1.807) is 17.2 Å². The second-order valence-electron chi connectivity index (χ2n) is 4.42. The summed E-state index contributed by atoms with van der Waals surface area (Å²) in [6.45, 7) is 0.717. The number of hydrogen-bond acceptors (Lipinski definition) is 3. The molecular formula is C13H14N4O. The molecule has 5 nitrogen and oxygen atoms in total. The van der Waals surface area contributed by atoms with Gasteiger partial charge in [-0.15, -0.1) is 0 Å². The van der Waals surface area contributed by atoms with Gasteiger partial charge in [-0.2, -0.15) is 5.10 Å². The number of carbonyl (C=O) groups is 1. The van der Waals surface area contributed by atoms with Crippen LogP contribution < -0.4 is 10.6 Å². The van der Waals surface area contributed by atoms with Crippen molar-refractivity contribution < 1.29 is 4.79 Å². The van der Waals surface area contributed by atoms with Crippen LogP contribution >= 0.6 is 0 Å². The minimum Gasteiger partial charge on any atom is -0.399 e. The molecule has 2 heterocycles. The summed E-state index contributed by atoms with van der Waals surface area (Å²) in [6, 6.07) is 7.42. The zero-order valence-electron chi connectivity index (χ0n) is 9.89. The molecular weight excluding hydrogens is 228 g/mol. The highest BCUT2D eigenvalue weighted by molar-refractivity contribution is 6.05. The maximum atomic E-state index is 12.3. The minimum absolute atomic E-state index is 0.0564. The summed E-state index contributed by atoms with van der Waals surface area (Å²) in [5, 5.41) is 6.52. The van der Waals surface area contributed by atoms with E-state index in [1.165, 1.54) is 5.56 Å². The van der Waals surface area contributed by atoms with Crippen LogP contribution in [0.2, 0.25) is 0 Å². The Kier molecular flexibility index (Phi) is 2.51. The zero-order chi connectivity index (χ0) is 12.5. The van der Waals surface area contributed by atoms with Crippen LogP contribution in [0.1, 0.15) is 22.5 Å². The lowest BCUT2D eigenvalue weighted by atomic mass is 10.0. The van der Waals surface area contributed by atoms with Crippen LogP contribution in [0.15, 0.2) is 30.5 Å². The van der Waals surface area contributed by atoms with Crippen LogP contribution in [0.3, 0.4) is 0 Å². The lowest BCUT2D eigenvalue weighted by Gasteiger charge is -2.29. The van der Waals surface area contributed by atoms with Gasteiger partial charge in [-0.25, -0.2) is 0 Å². The van der Waals surface area contributed by atoms with Crippen LogP contribution in [0.5, 0.6) is 0 Å². The van der Waals surface area contributed by atoms with Crippen molar-refractivity contribution in [3.63, 3.8) is 0 Å². The summed E-state index contributed by atoms with van der Waals surface area (Å²) in [6.07, 6.45) is 3.54. The van der Waals surface area contributed by atoms with E-state index >= 15 is 0 Å². The first-order valence-electron chi connectivity index (χ1n) is 5.95. The summed E-state index contributed by atoms with van der Waals surface area (Å²) < 4.78 is 0. The molecule has 0 saturated carbocycles. The predicted octanol–water partition coefficient (Wildman–Crippen LogP) is 1.58. The number of nitrogens with zero attached hydrogens (tertiary/aromatic N) is 2. The third kappa shape index (κ3) is 1.73. The van der Waals surface area contributed by atoms with Gasteiger partial charge in [0.15, 0.2) is 0 Å². The van der Waals surface area contributed by atoms with E-state index in [2.05, 4.69) is 10.2 Å². The van der Waals surface area contributed by atoms with Gasteiger partial charge in [0.1, 0.15) is 5.69 Å². The second kappa shape index (κ2) is 4.18. The average Bonchev–Trinajstić information content (AvgIpc) is 2.91. The maximum Gasteiger partial charge on any atom is 0.276 e. The van der Waals surface area contributed by atoms with Crippen molar-refractivity contribution in [1.82, 2.24) is 10.2 Å². The molecule has 0 atom stereocenters. The number of hydrogen-bond donors (Lipinski definition) is 2. The van der Waals surface area contributed by atoms with Crippen molar-refractivity contribution >= 4 is 17.3 Å². The Hall–Kier alpha value is -2.30. The van der Waals surface area contributed by atoms with Crippen molar-refractivity contribution in [2.24, 2.45) is 0 Å². The number of fused-ring (bicyclic) bond motifs is 1. The fourth-order valence-electron chi connectivity index (χ4n) is 2.32. The molecule has 0 bridgehead atoms. The number of benzene rings is 1. The van der Waals surface area contributed by atoms with Crippen LogP contribution in [0.4, 0.5) is 11.4 Å². The molecule has 0 spiro atoms. The number of nitrogens with two attached hydrogens (primary N) is 1. The molecule has 1 aliphatic heterocycles. The number of aryl methyl sites for hydroxylation is 1. The summed E-state index contributed by atoms with van der Waals surface area (Å²) >= 11 is 0. The number of aromatic amines is 1. The third-order valence-electron chi connectivity index (χ3n) is 3.20. The zero-order valence-corrected chi connectivity index (χ0v) is 9.89. The molecule has 0 fully saturated rings. The molecule has 18 heavy (non-hydrogen) atoms. The van der Waals surface area contributed by atoms with Gasteiger partial charge in [-0.3, -0.25) is 9.89 Å². The predicted molar refractivity (Wildman–Crippen MR) is 69.4 cm³/mol. The quantitative estimate of drug-likeness (QED) is 0.745. The molecule has 0 radical (unpaired) electrons. The van der Waals surface area contributed by atoms with Crippen molar-refractivity contribution in [2.45, 2.75) is 12.8 Å². The van der Waals surface area contributed by atoms with E-state index < -0.39 is 0 Å². The van der Waals surface area contributed by atoms with E-state index in [-0.39, 0.29) is 5.91 Å². The first kappa shape index (κ1) is 10.8. The molecule has 3 rings (SSSR count). The number of aromatic nitrogens is 2. The largest absolute Gasteiger partial charge is 0.399 e. The Bertz CT molecular complexity index is 577. The highest BCUT2D eigenvalue weighted by Crippen LogP contribution is 2.29. The molecule has 0 unspecified atom stereocenters. The molecule has 1 aromatic heterocycles. The standard InChI is InChI=1S/C13H14N4O/c14-10-4-3-9-2-1-7-17(12(9)8-10)13(18)11-5-6-15-16-11/h3-6,8H,1-2,7,14H2,(H,15,16). The molecule has 1 aromatic carbocycles. The number of amides is 1. The topological polar surface area (TPSA) is 75.0 Å². The van der Waals surface area contributed by atoms with Crippen molar-refractivity contribution in [2.75, 3.05) is 17.2 Å². The third-order valence-corrected chi connectivity index (χ3v) is 3.20. The fraction of sp³-hybridized carbons (Fsp3) is 0.231. The first-order chi connectivity index (χ1) is 8.75.